The zero-order valence-electron chi connectivity index (χ0n) is 9.30. The summed E-state index contributed by atoms with van der Waals surface area (Å²) >= 11 is 0. The summed E-state index contributed by atoms with van der Waals surface area (Å²) in [5.41, 5.74) is 6.51. The minimum absolute atomic E-state index is 0.00958. The summed E-state index contributed by atoms with van der Waals surface area (Å²) in [7, 11) is 0. The minimum atomic E-state index is -0.00958. The minimum Gasteiger partial charge on any atom is -0.377 e. The van der Waals surface area contributed by atoms with Crippen LogP contribution in [0, 0.1) is 5.92 Å². The van der Waals surface area contributed by atoms with Gasteiger partial charge < -0.3 is 10.5 Å². The molecule has 0 amide bonds. The maximum Gasteiger partial charge on any atom is 0.0729 e. The third-order valence-corrected chi connectivity index (χ3v) is 4.28. The molecule has 2 nitrogen and oxygen atoms in total. The van der Waals surface area contributed by atoms with Crippen LogP contribution >= 0.6 is 0 Å². The maximum atomic E-state index is 6.52. The van der Waals surface area contributed by atoms with Gasteiger partial charge in [0.2, 0.25) is 0 Å². The summed E-state index contributed by atoms with van der Waals surface area (Å²) < 4.78 is 5.64. The lowest BCUT2D eigenvalue weighted by Gasteiger charge is -2.36. The van der Waals surface area contributed by atoms with E-state index >= 15 is 0 Å². The van der Waals surface area contributed by atoms with Gasteiger partial charge in [0.15, 0.2) is 0 Å². The Labute approximate surface area is 87.2 Å². The van der Waals surface area contributed by atoms with Crippen molar-refractivity contribution in [1.29, 1.82) is 0 Å². The van der Waals surface area contributed by atoms with Crippen molar-refractivity contribution >= 4 is 0 Å². The molecule has 1 saturated carbocycles. The quantitative estimate of drug-likeness (QED) is 0.655. The Bertz CT molecular complexity index is 187. The average molecular weight is 197 g/mol. The Hall–Kier alpha value is -0.0800. The molecular formula is C12H23NO. The number of rotatable bonds is 1. The molecule has 2 fully saturated rings. The van der Waals surface area contributed by atoms with Crippen molar-refractivity contribution in [2.24, 2.45) is 11.7 Å². The van der Waals surface area contributed by atoms with Gasteiger partial charge in [0, 0.05) is 12.1 Å². The highest BCUT2D eigenvalue weighted by atomic mass is 16.5. The summed E-state index contributed by atoms with van der Waals surface area (Å²) in [6.45, 7) is 3.02. The first kappa shape index (κ1) is 10.4. The van der Waals surface area contributed by atoms with Crippen LogP contribution < -0.4 is 5.73 Å². The molecule has 1 aliphatic carbocycles. The molecule has 1 aliphatic heterocycles. The summed E-state index contributed by atoms with van der Waals surface area (Å²) in [6.07, 6.45) is 9.54. The predicted molar refractivity (Wildman–Crippen MR) is 58.1 cm³/mol. The predicted octanol–water partition coefficient (Wildman–Crippen LogP) is 2.46. The van der Waals surface area contributed by atoms with Crippen LogP contribution in [0.4, 0.5) is 0 Å². The first-order valence-corrected chi connectivity index (χ1v) is 6.14. The highest BCUT2D eigenvalue weighted by Gasteiger charge is 2.43. The molecule has 0 aromatic rings. The lowest BCUT2D eigenvalue weighted by molar-refractivity contribution is 0.0708. The normalized spacial score (nSPS) is 41.1. The van der Waals surface area contributed by atoms with E-state index in [4.69, 9.17) is 10.5 Å². The van der Waals surface area contributed by atoms with Gasteiger partial charge >= 0.3 is 0 Å². The Balaban J connectivity index is 2.03. The first-order valence-electron chi connectivity index (χ1n) is 6.14. The molecule has 1 heterocycles. The van der Waals surface area contributed by atoms with Crippen molar-refractivity contribution in [3.05, 3.63) is 0 Å². The fourth-order valence-corrected chi connectivity index (χ4v) is 3.12. The number of hydrogen-bond acceptors (Lipinski definition) is 2. The van der Waals surface area contributed by atoms with Crippen molar-refractivity contribution in [1.82, 2.24) is 0 Å². The highest BCUT2D eigenvalue weighted by Crippen LogP contribution is 2.38. The second-order valence-corrected chi connectivity index (χ2v) is 5.06. The van der Waals surface area contributed by atoms with Gasteiger partial charge in [-0.25, -0.2) is 0 Å². The highest BCUT2D eigenvalue weighted by molar-refractivity contribution is 5.00. The van der Waals surface area contributed by atoms with E-state index < -0.39 is 0 Å². The van der Waals surface area contributed by atoms with Crippen LogP contribution in [0.1, 0.15) is 51.9 Å². The van der Waals surface area contributed by atoms with Gasteiger partial charge in [-0.1, -0.05) is 25.7 Å². The van der Waals surface area contributed by atoms with Crippen LogP contribution in [0.5, 0.6) is 0 Å². The lowest BCUT2D eigenvalue weighted by Crippen LogP contribution is -2.52. The molecule has 2 heteroatoms. The number of nitrogens with two attached hydrogens (primary N) is 1. The molecule has 0 bridgehead atoms. The van der Waals surface area contributed by atoms with E-state index in [1.54, 1.807) is 0 Å². The van der Waals surface area contributed by atoms with Crippen molar-refractivity contribution < 1.29 is 4.74 Å². The fourth-order valence-electron chi connectivity index (χ4n) is 3.12. The van der Waals surface area contributed by atoms with Crippen LogP contribution in [-0.4, -0.2) is 18.2 Å². The van der Waals surface area contributed by atoms with Crippen LogP contribution in [0.3, 0.4) is 0 Å². The van der Waals surface area contributed by atoms with Crippen LogP contribution in [0.15, 0.2) is 0 Å². The average Bonchev–Trinajstić information content (AvgIpc) is 2.47. The van der Waals surface area contributed by atoms with E-state index in [9.17, 15) is 0 Å². The van der Waals surface area contributed by atoms with E-state index in [1.807, 2.05) is 0 Å². The van der Waals surface area contributed by atoms with E-state index in [-0.39, 0.29) is 11.6 Å². The molecular weight excluding hydrogens is 174 g/mol. The summed E-state index contributed by atoms with van der Waals surface area (Å²) in [6, 6.07) is 0. The maximum absolute atomic E-state index is 6.52. The van der Waals surface area contributed by atoms with Gasteiger partial charge in [-0.2, -0.15) is 0 Å². The monoisotopic (exact) mass is 197 g/mol. The SMILES string of the molecule is CC1OCCC1(N)C1CCCCCC1. The molecule has 0 radical (unpaired) electrons. The van der Waals surface area contributed by atoms with E-state index in [0.29, 0.717) is 5.92 Å². The summed E-state index contributed by atoms with van der Waals surface area (Å²) in [5.74, 6) is 0.711. The molecule has 0 aromatic carbocycles. The molecule has 0 aromatic heterocycles. The van der Waals surface area contributed by atoms with Crippen molar-refractivity contribution in [3.8, 4) is 0 Å². The third kappa shape index (κ3) is 1.82. The third-order valence-electron chi connectivity index (χ3n) is 4.28. The number of hydrogen-bond donors (Lipinski definition) is 1. The molecule has 1 saturated heterocycles. The Morgan fingerprint density at radius 3 is 2.29 bits per heavy atom. The molecule has 14 heavy (non-hydrogen) atoms. The zero-order valence-corrected chi connectivity index (χ0v) is 9.30. The van der Waals surface area contributed by atoms with Crippen molar-refractivity contribution in [2.75, 3.05) is 6.61 Å². The Morgan fingerprint density at radius 2 is 1.79 bits per heavy atom. The Kier molecular flexibility index (Phi) is 3.13. The van der Waals surface area contributed by atoms with Gasteiger partial charge in [0.1, 0.15) is 0 Å². The molecule has 2 unspecified atom stereocenters. The van der Waals surface area contributed by atoms with E-state index in [0.717, 1.165) is 13.0 Å². The van der Waals surface area contributed by atoms with Gasteiger partial charge in [0.05, 0.1) is 6.10 Å². The number of ether oxygens (including phenoxy) is 1. The summed E-state index contributed by atoms with van der Waals surface area (Å²) in [4.78, 5) is 0. The molecule has 2 rings (SSSR count). The van der Waals surface area contributed by atoms with E-state index in [1.165, 1.54) is 38.5 Å². The van der Waals surface area contributed by atoms with Crippen molar-refractivity contribution in [3.63, 3.8) is 0 Å². The van der Waals surface area contributed by atoms with Crippen molar-refractivity contribution in [2.45, 2.75) is 63.5 Å². The van der Waals surface area contributed by atoms with Crippen LogP contribution in [0.2, 0.25) is 0 Å². The second-order valence-electron chi connectivity index (χ2n) is 5.06. The zero-order chi connectivity index (χ0) is 10.0. The van der Waals surface area contributed by atoms with Gasteiger partial charge in [-0.15, -0.1) is 0 Å². The van der Waals surface area contributed by atoms with Gasteiger partial charge in [0.25, 0.3) is 0 Å². The van der Waals surface area contributed by atoms with Gasteiger partial charge in [-0.05, 0) is 32.1 Å². The molecule has 82 valence electrons. The summed E-state index contributed by atoms with van der Waals surface area (Å²) in [5, 5.41) is 0. The second kappa shape index (κ2) is 4.19. The standard InChI is InChI=1S/C12H23NO/c1-10-12(13,8-9-14-10)11-6-4-2-3-5-7-11/h10-11H,2-9,13H2,1H3. The van der Waals surface area contributed by atoms with Gasteiger partial charge in [-0.3, -0.25) is 0 Å². The largest absolute Gasteiger partial charge is 0.377 e. The molecule has 2 N–H and O–H groups in total. The smallest absolute Gasteiger partial charge is 0.0729 e. The lowest BCUT2D eigenvalue weighted by atomic mass is 9.76. The Morgan fingerprint density at radius 1 is 1.14 bits per heavy atom. The van der Waals surface area contributed by atoms with Crippen LogP contribution in [0.25, 0.3) is 0 Å². The first-order chi connectivity index (χ1) is 6.73. The molecule has 2 atom stereocenters. The topological polar surface area (TPSA) is 35.2 Å². The van der Waals surface area contributed by atoms with Crippen LogP contribution in [-0.2, 0) is 4.74 Å². The molecule has 0 spiro atoms. The molecule has 2 aliphatic rings. The van der Waals surface area contributed by atoms with E-state index in [2.05, 4.69) is 6.92 Å². The fraction of sp³-hybridized carbons (Fsp3) is 1.00.